The van der Waals surface area contributed by atoms with Crippen LogP contribution in [-0.4, -0.2) is 56.5 Å². The van der Waals surface area contributed by atoms with Gasteiger partial charge in [0.25, 0.3) is 0 Å². The van der Waals surface area contributed by atoms with E-state index in [1.165, 1.54) is 6.08 Å². The van der Waals surface area contributed by atoms with Crippen LogP contribution < -0.4 is 14.2 Å². The van der Waals surface area contributed by atoms with E-state index in [1.54, 1.807) is 39.2 Å². The Balaban J connectivity index is 1.91. The van der Waals surface area contributed by atoms with Crippen LogP contribution in [0, 0.1) is 0 Å². The van der Waals surface area contributed by atoms with Crippen molar-refractivity contribution in [3.05, 3.63) is 53.6 Å². The van der Waals surface area contributed by atoms with E-state index in [0.717, 1.165) is 38.4 Å². The van der Waals surface area contributed by atoms with Gasteiger partial charge in [-0.1, -0.05) is 12.1 Å². The number of benzene rings is 3. The van der Waals surface area contributed by atoms with Gasteiger partial charge < -0.3 is 28.6 Å². The van der Waals surface area contributed by atoms with Crippen molar-refractivity contribution in [2.24, 2.45) is 0 Å². The Morgan fingerprint density at radius 2 is 1.59 bits per heavy atom. The van der Waals surface area contributed by atoms with Crippen LogP contribution in [-0.2, 0) is 27.2 Å². The van der Waals surface area contributed by atoms with Crippen LogP contribution in [0.15, 0.2) is 42.5 Å². The summed E-state index contributed by atoms with van der Waals surface area (Å²) in [5, 5.41) is 4.05. The molecule has 0 saturated heterocycles. The molecule has 1 atom stereocenters. The molecule has 0 aliphatic carbocycles. The molecule has 1 heterocycles. The molecule has 0 bridgehead atoms. The molecule has 1 aliphatic heterocycles. The van der Waals surface area contributed by atoms with Crippen LogP contribution in [0.5, 0.6) is 17.2 Å². The Hall–Kier alpha value is -3.94. The van der Waals surface area contributed by atoms with E-state index in [0.29, 0.717) is 37.5 Å². The summed E-state index contributed by atoms with van der Waals surface area (Å²) in [6, 6.07) is 9.74. The van der Waals surface area contributed by atoms with Crippen molar-refractivity contribution in [1.82, 2.24) is 4.90 Å². The number of nitrogens with zero attached hydrogens (tertiary/aromatic N) is 1. The summed E-state index contributed by atoms with van der Waals surface area (Å²) < 4.78 is 27.7. The third-order valence-electron chi connectivity index (χ3n) is 6.84. The van der Waals surface area contributed by atoms with Gasteiger partial charge >= 0.3 is 12.1 Å². The van der Waals surface area contributed by atoms with Crippen molar-refractivity contribution >= 4 is 33.6 Å². The minimum atomic E-state index is -0.647. The van der Waals surface area contributed by atoms with E-state index in [9.17, 15) is 9.59 Å². The van der Waals surface area contributed by atoms with Gasteiger partial charge in [-0.3, -0.25) is 0 Å². The molecule has 208 valence electrons. The maximum absolute atomic E-state index is 13.4. The lowest BCUT2D eigenvalue weighted by Gasteiger charge is -2.38. The van der Waals surface area contributed by atoms with Crippen LogP contribution in [0.1, 0.15) is 45.2 Å². The first kappa shape index (κ1) is 28.1. The zero-order chi connectivity index (χ0) is 28.3. The van der Waals surface area contributed by atoms with Gasteiger partial charge in [-0.2, -0.15) is 0 Å². The van der Waals surface area contributed by atoms with Gasteiger partial charge in [-0.05, 0) is 97.5 Å². The molecule has 8 nitrogen and oxygen atoms in total. The summed E-state index contributed by atoms with van der Waals surface area (Å²) in [5.41, 5.74) is 1.52. The molecular formula is C31H37NO7. The van der Waals surface area contributed by atoms with Crippen molar-refractivity contribution in [3.8, 4) is 17.2 Å². The van der Waals surface area contributed by atoms with Gasteiger partial charge in [-0.25, -0.2) is 9.59 Å². The molecule has 3 aromatic rings. The quantitative estimate of drug-likeness (QED) is 0.203. The zero-order valence-corrected chi connectivity index (χ0v) is 23.8. The Kier molecular flexibility index (Phi) is 8.23. The highest BCUT2D eigenvalue weighted by Crippen LogP contribution is 2.43. The van der Waals surface area contributed by atoms with Crippen molar-refractivity contribution in [3.63, 3.8) is 0 Å². The molecule has 0 fully saturated rings. The molecule has 39 heavy (non-hydrogen) atoms. The molecule has 4 rings (SSSR count). The van der Waals surface area contributed by atoms with Crippen LogP contribution >= 0.6 is 0 Å². The van der Waals surface area contributed by atoms with Crippen LogP contribution in [0.2, 0.25) is 0 Å². The summed E-state index contributed by atoms with van der Waals surface area (Å²) in [5.74, 6) is 1.59. The van der Waals surface area contributed by atoms with Crippen LogP contribution in [0.3, 0.4) is 0 Å². The number of amides is 1. The third kappa shape index (κ3) is 5.90. The molecule has 1 aliphatic rings. The first-order valence-electron chi connectivity index (χ1n) is 13.1. The largest absolute Gasteiger partial charge is 0.497 e. The predicted molar refractivity (Wildman–Crippen MR) is 151 cm³/mol. The first-order valence-corrected chi connectivity index (χ1v) is 13.1. The number of ether oxygens (including phenoxy) is 5. The summed E-state index contributed by atoms with van der Waals surface area (Å²) in [6.45, 7) is 7.99. The molecule has 8 heteroatoms. The van der Waals surface area contributed by atoms with Gasteiger partial charge in [0.05, 0.1) is 34.5 Å². The highest BCUT2D eigenvalue weighted by Gasteiger charge is 2.34. The number of fused-ring (bicyclic) bond motifs is 6. The van der Waals surface area contributed by atoms with Crippen LogP contribution in [0.25, 0.3) is 21.5 Å². The smallest absolute Gasteiger partial charge is 0.410 e. The van der Waals surface area contributed by atoms with Gasteiger partial charge in [0.15, 0.2) is 11.5 Å². The lowest BCUT2D eigenvalue weighted by Crippen LogP contribution is -2.46. The number of hydrogen-bond donors (Lipinski definition) is 0. The number of carbonyl (C=O) groups excluding carboxylic acids is 2. The standard InChI is InChI=1S/C31H37NO7/c1-8-38-29(33)11-9-10-19-14-22-24-16-27(36-6)28(37-7)17-25(24)23-15-20(35-5)12-13-21(23)26(22)18-32(19)30(34)39-31(2,3)4/h9,11-13,15-17,19H,8,10,14,18H2,1-7H3/b11-9+/t19-/m1/s1. The molecular weight excluding hydrogens is 498 g/mol. The predicted octanol–water partition coefficient (Wildman–Crippen LogP) is 6.19. The van der Waals surface area contributed by atoms with Gasteiger partial charge in [-0.15, -0.1) is 0 Å². The molecule has 1 amide bonds. The number of rotatable bonds is 7. The third-order valence-corrected chi connectivity index (χ3v) is 6.84. The fourth-order valence-electron chi connectivity index (χ4n) is 5.13. The number of methoxy groups -OCH3 is 3. The summed E-state index contributed by atoms with van der Waals surface area (Å²) >= 11 is 0. The van der Waals surface area contributed by atoms with E-state index < -0.39 is 17.7 Å². The maximum Gasteiger partial charge on any atom is 0.410 e. The Morgan fingerprint density at radius 1 is 0.923 bits per heavy atom. The Bertz CT molecular complexity index is 1420. The van der Waals surface area contributed by atoms with E-state index in [2.05, 4.69) is 0 Å². The number of esters is 1. The maximum atomic E-state index is 13.4. The van der Waals surface area contributed by atoms with E-state index in [4.69, 9.17) is 23.7 Å². The topological polar surface area (TPSA) is 83.5 Å². The van der Waals surface area contributed by atoms with Crippen molar-refractivity contribution in [2.75, 3.05) is 27.9 Å². The minimum absolute atomic E-state index is 0.231. The second kappa shape index (κ2) is 11.4. The fraction of sp³-hybridized carbons (Fsp3) is 0.419. The number of carbonyl (C=O) groups is 2. The molecule has 3 aromatic carbocycles. The lowest BCUT2D eigenvalue weighted by atomic mass is 9.84. The van der Waals surface area contributed by atoms with E-state index in [1.807, 2.05) is 51.1 Å². The van der Waals surface area contributed by atoms with Crippen LogP contribution in [0.4, 0.5) is 4.79 Å². The number of hydrogen-bond acceptors (Lipinski definition) is 7. The Morgan fingerprint density at radius 3 is 2.21 bits per heavy atom. The molecule has 0 saturated carbocycles. The lowest BCUT2D eigenvalue weighted by molar-refractivity contribution is -0.137. The first-order chi connectivity index (χ1) is 18.6. The second-order valence-corrected chi connectivity index (χ2v) is 10.5. The summed E-state index contributed by atoms with van der Waals surface area (Å²) in [7, 11) is 4.88. The van der Waals surface area contributed by atoms with Gasteiger partial charge in [0.2, 0.25) is 0 Å². The second-order valence-electron chi connectivity index (χ2n) is 10.5. The molecule has 0 unspecified atom stereocenters. The highest BCUT2D eigenvalue weighted by atomic mass is 16.6. The normalized spacial score (nSPS) is 15.4. The Labute approximate surface area is 229 Å². The van der Waals surface area contributed by atoms with Crippen molar-refractivity contribution in [1.29, 1.82) is 0 Å². The molecule has 0 radical (unpaired) electrons. The summed E-state index contributed by atoms with van der Waals surface area (Å²) in [6.07, 6.45) is 3.83. The van der Waals surface area contributed by atoms with Gasteiger partial charge in [0.1, 0.15) is 11.4 Å². The SMILES string of the molecule is CCOC(=O)/C=C/C[C@@H]1Cc2c(c3ccc(OC)cc3c3cc(OC)c(OC)cc23)CN1C(=O)OC(C)(C)C. The average molecular weight is 536 g/mol. The van der Waals surface area contributed by atoms with E-state index in [-0.39, 0.29) is 6.04 Å². The fourth-order valence-corrected chi connectivity index (χ4v) is 5.13. The van der Waals surface area contributed by atoms with Gasteiger partial charge in [0, 0.05) is 12.1 Å². The van der Waals surface area contributed by atoms with Crippen molar-refractivity contribution in [2.45, 2.75) is 58.7 Å². The average Bonchev–Trinajstić information content (AvgIpc) is 2.90. The minimum Gasteiger partial charge on any atom is -0.497 e. The zero-order valence-electron chi connectivity index (χ0n) is 23.8. The molecule has 0 spiro atoms. The van der Waals surface area contributed by atoms with Crippen molar-refractivity contribution < 1.29 is 33.3 Å². The molecule has 0 N–H and O–H groups in total. The monoisotopic (exact) mass is 535 g/mol. The van der Waals surface area contributed by atoms with E-state index >= 15 is 0 Å². The molecule has 0 aromatic heterocycles. The summed E-state index contributed by atoms with van der Waals surface area (Å²) in [4.78, 5) is 27.2. The highest BCUT2D eigenvalue weighted by molar-refractivity contribution is 6.12.